The van der Waals surface area contributed by atoms with E-state index in [0.717, 1.165) is 0 Å². The zero-order valence-electron chi connectivity index (χ0n) is 8.56. The summed E-state index contributed by atoms with van der Waals surface area (Å²) in [5.74, 6) is -0.347. The number of nitrogens with one attached hydrogen (secondary N) is 2. The van der Waals surface area contributed by atoms with Gasteiger partial charge in [0.1, 0.15) is 5.75 Å². The molecular formula is C9H11N3O4. The lowest BCUT2D eigenvalue weighted by atomic mass is 10.2. The lowest BCUT2D eigenvalue weighted by molar-refractivity contribution is -0.384. The van der Waals surface area contributed by atoms with Crippen molar-refractivity contribution in [2.75, 3.05) is 11.9 Å². The summed E-state index contributed by atoms with van der Waals surface area (Å²) < 4.78 is 0. The maximum Gasteiger partial charge on any atom is 0.319 e. The number of phenols is 1. The molecule has 0 aliphatic carbocycles. The maximum atomic E-state index is 11.2. The van der Waals surface area contributed by atoms with E-state index in [2.05, 4.69) is 10.6 Å². The van der Waals surface area contributed by atoms with Crippen molar-refractivity contribution in [2.24, 2.45) is 0 Å². The highest BCUT2D eigenvalue weighted by Crippen LogP contribution is 2.32. The molecule has 0 radical (unpaired) electrons. The molecule has 7 nitrogen and oxygen atoms in total. The zero-order chi connectivity index (χ0) is 12.1. The summed E-state index contributed by atoms with van der Waals surface area (Å²) in [6.45, 7) is 2.09. The Morgan fingerprint density at radius 1 is 1.56 bits per heavy atom. The van der Waals surface area contributed by atoms with Crippen LogP contribution < -0.4 is 10.6 Å². The number of hydrogen-bond acceptors (Lipinski definition) is 4. The van der Waals surface area contributed by atoms with Gasteiger partial charge in [0, 0.05) is 12.6 Å². The van der Waals surface area contributed by atoms with Crippen molar-refractivity contribution in [3.63, 3.8) is 0 Å². The minimum atomic E-state index is -0.679. The molecule has 0 heterocycles. The van der Waals surface area contributed by atoms with Crippen LogP contribution in [0.1, 0.15) is 6.92 Å². The van der Waals surface area contributed by atoms with Gasteiger partial charge in [0.25, 0.3) is 5.69 Å². The molecule has 2 amide bonds. The number of nitro benzene ring substituents is 1. The van der Waals surface area contributed by atoms with Crippen LogP contribution in [0, 0.1) is 10.1 Å². The van der Waals surface area contributed by atoms with Crippen LogP contribution in [0.5, 0.6) is 5.75 Å². The fraction of sp³-hybridized carbons (Fsp3) is 0.222. The molecule has 0 saturated carbocycles. The SMILES string of the molecule is CCNC(=O)Nc1c(O)cccc1[N+](=O)[O-]. The third kappa shape index (κ3) is 2.59. The molecule has 0 unspecified atom stereocenters. The number of nitro groups is 1. The quantitative estimate of drug-likeness (QED) is 0.411. The fourth-order valence-corrected chi connectivity index (χ4v) is 1.13. The summed E-state index contributed by atoms with van der Waals surface area (Å²) in [5, 5.41) is 24.7. The summed E-state index contributed by atoms with van der Waals surface area (Å²) >= 11 is 0. The first-order chi connectivity index (χ1) is 7.56. The van der Waals surface area contributed by atoms with Crippen LogP contribution in [0.2, 0.25) is 0 Å². The molecule has 86 valence electrons. The molecule has 0 bridgehead atoms. The van der Waals surface area contributed by atoms with Crippen LogP contribution in [0.15, 0.2) is 18.2 Å². The summed E-state index contributed by atoms with van der Waals surface area (Å²) in [7, 11) is 0. The van der Waals surface area contributed by atoms with E-state index >= 15 is 0 Å². The van der Waals surface area contributed by atoms with E-state index in [1.54, 1.807) is 6.92 Å². The molecule has 7 heteroatoms. The van der Waals surface area contributed by atoms with Crippen molar-refractivity contribution in [3.05, 3.63) is 28.3 Å². The van der Waals surface area contributed by atoms with Gasteiger partial charge in [-0.3, -0.25) is 15.4 Å². The van der Waals surface area contributed by atoms with Gasteiger partial charge in [0.15, 0.2) is 5.69 Å². The molecule has 0 aromatic heterocycles. The topological polar surface area (TPSA) is 104 Å². The Balaban J connectivity index is 3.01. The molecule has 1 aromatic carbocycles. The number of hydrogen-bond donors (Lipinski definition) is 3. The molecule has 0 atom stereocenters. The first-order valence-electron chi connectivity index (χ1n) is 4.57. The summed E-state index contributed by atoms with van der Waals surface area (Å²) in [4.78, 5) is 21.1. The molecule has 0 aliphatic rings. The minimum absolute atomic E-state index is 0.210. The standard InChI is InChI=1S/C9H11N3O4/c1-2-10-9(14)11-8-6(12(15)16)4-3-5-7(8)13/h3-5,13H,2H2,1H3,(H2,10,11,14). The Morgan fingerprint density at radius 3 is 2.81 bits per heavy atom. The Labute approximate surface area is 91.2 Å². The molecule has 3 N–H and O–H groups in total. The number of carbonyl (C=O) groups is 1. The smallest absolute Gasteiger partial charge is 0.319 e. The van der Waals surface area contributed by atoms with E-state index in [4.69, 9.17) is 0 Å². The average Bonchev–Trinajstić information content (AvgIpc) is 2.21. The summed E-state index contributed by atoms with van der Waals surface area (Å²) in [5.41, 5.74) is -0.565. The van der Waals surface area contributed by atoms with E-state index in [1.165, 1.54) is 18.2 Å². The predicted octanol–water partition coefficient (Wildman–Crippen LogP) is 1.44. The molecule has 16 heavy (non-hydrogen) atoms. The van der Waals surface area contributed by atoms with E-state index in [-0.39, 0.29) is 17.1 Å². The average molecular weight is 225 g/mol. The number of amides is 2. The van der Waals surface area contributed by atoms with Gasteiger partial charge < -0.3 is 10.4 Å². The fourth-order valence-electron chi connectivity index (χ4n) is 1.13. The highest BCUT2D eigenvalue weighted by molar-refractivity contribution is 5.93. The first kappa shape index (κ1) is 11.8. The third-order valence-corrected chi connectivity index (χ3v) is 1.79. The van der Waals surface area contributed by atoms with Gasteiger partial charge in [-0.1, -0.05) is 6.07 Å². The monoisotopic (exact) mass is 225 g/mol. The van der Waals surface area contributed by atoms with Crippen LogP contribution in [0.4, 0.5) is 16.2 Å². The van der Waals surface area contributed by atoms with Gasteiger partial charge in [-0.05, 0) is 13.0 Å². The molecule has 0 saturated heterocycles. The number of phenolic OH excluding ortho intramolecular Hbond substituents is 1. The van der Waals surface area contributed by atoms with Crippen LogP contribution >= 0.6 is 0 Å². The van der Waals surface area contributed by atoms with Crippen LogP contribution in [-0.2, 0) is 0 Å². The van der Waals surface area contributed by atoms with Crippen molar-refractivity contribution in [2.45, 2.75) is 6.92 Å². The van der Waals surface area contributed by atoms with Gasteiger partial charge in [0.2, 0.25) is 0 Å². The Hall–Kier alpha value is -2.31. The zero-order valence-corrected chi connectivity index (χ0v) is 8.56. The molecular weight excluding hydrogens is 214 g/mol. The first-order valence-corrected chi connectivity index (χ1v) is 4.57. The number of nitrogens with zero attached hydrogens (tertiary/aromatic N) is 1. The van der Waals surface area contributed by atoms with Crippen molar-refractivity contribution >= 4 is 17.4 Å². The number of anilines is 1. The number of rotatable bonds is 3. The second-order valence-corrected chi connectivity index (χ2v) is 2.91. The predicted molar refractivity (Wildman–Crippen MR) is 57.5 cm³/mol. The minimum Gasteiger partial charge on any atom is -0.505 e. The van der Waals surface area contributed by atoms with E-state index < -0.39 is 11.0 Å². The van der Waals surface area contributed by atoms with E-state index in [0.29, 0.717) is 6.54 Å². The van der Waals surface area contributed by atoms with Crippen molar-refractivity contribution in [1.82, 2.24) is 5.32 Å². The normalized spacial score (nSPS) is 9.56. The van der Waals surface area contributed by atoms with Crippen LogP contribution in [-0.4, -0.2) is 22.6 Å². The van der Waals surface area contributed by atoms with Gasteiger partial charge in [-0.2, -0.15) is 0 Å². The molecule has 1 rings (SSSR count). The third-order valence-electron chi connectivity index (χ3n) is 1.79. The number of urea groups is 1. The van der Waals surface area contributed by atoms with Gasteiger partial charge in [-0.25, -0.2) is 4.79 Å². The van der Waals surface area contributed by atoms with Crippen molar-refractivity contribution < 1.29 is 14.8 Å². The van der Waals surface area contributed by atoms with Crippen LogP contribution in [0.3, 0.4) is 0 Å². The van der Waals surface area contributed by atoms with E-state index in [9.17, 15) is 20.0 Å². The summed E-state index contributed by atoms with van der Waals surface area (Å²) in [6, 6.07) is 3.18. The second-order valence-electron chi connectivity index (χ2n) is 2.91. The summed E-state index contributed by atoms with van der Waals surface area (Å²) in [6.07, 6.45) is 0. The lowest BCUT2D eigenvalue weighted by Gasteiger charge is -2.07. The number of benzene rings is 1. The Morgan fingerprint density at radius 2 is 2.25 bits per heavy atom. The lowest BCUT2D eigenvalue weighted by Crippen LogP contribution is -2.28. The van der Waals surface area contributed by atoms with Crippen LogP contribution in [0.25, 0.3) is 0 Å². The van der Waals surface area contributed by atoms with Gasteiger partial charge >= 0.3 is 6.03 Å². The Bertz CT molecular complexity index is 419. The maximum absolute atomic E-state index is 11.2. The highest BCUT2D eigenvalue weighted by Gasteiger charge is 2.18. The molecule has 0 aliphatic heterocycles. The van der Waals surface area contributed by atoms with Gasteiger partial charge in [0.05, 0.1) is 4.92 Å². The highest BCUT2D eigenvalue weighted by atomic mass is 16.6. The Kier molecular flexibility index (Phi) is 3.65. The van der Waals surface area contributed by atoms with Crippen molar-refractivity contribution in [3.8, 4) is 5.75 Å². The largest absolute Gasteiger partial charge is 0.505 e. The number of para-hydroxylation sites is 1. The number of aromatic hydroxyl groups is 1. The second kappa shape index (κ2) is 4.96. The van der Waals surface area contributed by atoms with Crippen molar-refractivity contribution in [1.29, 1.82) is 0 Å². The molecule has 1 aromatic rings. The number of carbonyl (C=O) groups excluding carboxylic acids is 1. The molecule has 0 fully saturated rings. The molecule has 0 spiro atoms. The van der Waals surface area contributed by atoms with E-state index in [1.807, 2.05) is 0 Å². The van der Waals surface area contributed by atoms with Gasteiger partial charge in [-0.15, -0.1) is 0 Å².